The van der Waals surface area contributed by atoms with Crippen molar-refractivity contribution < 1.29 is 4.79 Å². The van der Waals surface area contributed by atoms with Gasteiger partial charge >= 0.3 is 0 Å². The average Bonchev–Trinajstić information content (AvgIpc) is 2.41. The standard InChI is InChI=1S/C17H25ClN2O.ClH/c1-11(2)16(13-5-4-6-14(18)9-13)17(21)20-15-10-19-8-7-12(15)3;/h4-6,9,11-12,15-16,19H,7-8,10H2,1-3H3,(H,20,21);1H. The number of benzene rings is 1. The fourth-order valence-corrected chi connectivity index (χ4v) is 3.19. The monoisotopic (exact) mass is 344 g/mol. The molecule has 1 saturated heterocycles. The molecule has 3 unspecified atom stereocenters. The Bertz CT molecular complexity index is 493. The molecule has 0 aromatic heterocycles. The van der Waals surface area contributed by atoms with Crippen molar-refractivity contribution in [2.45, 2.75) is 39.2 Å². The summed E-state index contributed by atoms with van der Waals surface area (Å²) in [6.07, 6.45) is 1.11. The lowest BCUT2D eigenvalue weighted by Crippen LogP contribution is -2.51. The number of carbonyl (C=O) groups excluding carboxylic acids is 1. The van der Waals surface area contributed by atoms with Gasteiger partial charge in [0.25, 0.3) is 0 Å². The molecular formula is C17H26Cl2N2O. The predicted octanol–water partition coefficient (Wildman–Crippen LogP) is 3.62. The molecule has 2 rings (SSSR count). The van der Waals surface area contributed by atoms with E-state index in [1.807, 2.05) is 24.3 Å². The number of hydrogen-bond acceptors (Lipinski definition) is 2. The highest BCUT2D eigenvalue weighted by Crippen LogP contribution is 2.27. The smallest absolute Gasteiger partial charge is 0.228 e. The predicted molar refractivity (Wildman–Crippen MR) is 94.9 cm³/mol. The Balaban J connectivity index is 0.00000242. The van der Waals surface area contributed by atoms with Gasteiger partial charge in [0.1, 0.15) is 0 Å². The first-order valence-electron chi connectivity index (χ1n) is 7.75. The van der Waals surface area contributed by atoms with Crippen molar-refractivity contribution in [2.24, 2.45) is 11.8 Å². The molecular weight excluding hydrogens is 319 g/mol. The highest BCUT2D eigenvalue weighted by atomic mass is 35.5. The molecule has 1 fully saturated rings. The van der Waals surface area contributed by atoms with Crippen LogP contribution in [0.25, 0.3) is 0 Å². The molecule has 0 radical (unpaired) electrons. The van der Waals surface area contributed by atoms with Gasteiger partial charge in [0.05, 0.1) is 5.92 Å². The van der Waals surface area contributed by atoms with Crippen molar-refractivity contribution in [3.63, 3.8) is 0 Å². The topological polar surface area (TPSA) is 41.1 Å². The van der Waals surface area contributed by atoms with Crippen molar-refractivity contribution in [3.05, 3.63) is 34.9 Å². The maximum Gasteiger partial charge on any atom is 0.228 e. The van der Waals surface area contributed by atoms with E-state index in [0.29, 0.717) is 10.9 Å². The summed E-state index contributed by atoms with van der Waals surface area (Å²) >= 11 is 6.07. The molecule has 3 atom stereocenters. The second-order valence-corrected chi connectivity index (χ2v) is 6.80. The third kappa shape index (κ3) is 4.87. The van der Waals surface area contributed by atoms with Crippen LogP contribution in [0.5, 0.6) is 0 Å². The van der Waals surface area contributed by atoms with Gasteiger partial charge in [-0.15, -0.1) is 12.4 Å². The third-order valence-electron chi connectivity index (χ3n) is 4.31. The van der Waals surface area contributed by atoms with Crippen LogP contribution in [0.3, 0.4) is 0 Å². The zero-order valence-corrected chi connectivity index (χ0v) is 15.0. The van der Waals surface area contributed by atoms with E-state index >= 15 is 0 Å². The first kappa shape index (κ1) is 19.3. The Hall–Kier alpha value is -0.770. The SMILES string of the molecule is CC(C)C(C(=O)NC1CNCCC1C)c1cccc(Cl)c1.Cl. The van der Waals surface area contributed by atoms with Crippen LogP contribution in [0, 0.1) is 11.8 Å². The van der Waals surface area contributed by atoms with E-state index in [1.54, 1.807) is 0 Å². The van der Waals surface area contributed by atoms with Crippen LogP contribution < -0.4 is 10.6 Å². The fraction of sp³-hybridized carbons (Fsp3) is 0.588. The molecule has 1 aromatic rings. The van der Waals surface area contributed by atoms with Crippen LogP contribution >= 0.6 is 24.0 Å². The summed E-state index contributed by atoms with van der Waals surface area (Å²) in [6, 6.07) is 7.85. The van der Waals surface area contributed by atoms with E-state index in [9.17, 15) is 4.79 Å². The van der Waals surface area contributed by atoms with Gasteiger partial charge in [-0.2, -0.15) is 0 Å². The summed E-state index contributed by atoms with van der Waals surface area (Å²) in [5, 5.41) is 7.25. The lowest BCUT2D eigenvalue weighted by atomic mass is 9.86. The Morgan fingerprint density at radius 2 is 2.14 bits per heavy atom. The third-order valence-corrected chi connectivity index (χ3v) is 4.55. The van der Waals surface area contributed by atoms with Gasteiger partial charge in [-0.05, 0) is 42.5 Å². The summed E-state index contributed by atoms with van der Waals surface area (Å²) in [6.45, 7) is 8.25. The molecule has 0 spiro atoms. The van der Waals surface area contributed by atoms with E-state index in [-0.39, 0.29) is 36.2 Å². The Labute approximate surface area is 144 Å². The number of carbonyl (C=O) groups is 1. The van der Waals surface area contributed by atoms with E-state index in [1.165, 1.54) is 0 Å². The molecule has 3 nitrogen and oxygen atoms in total. The normalized spacial score (nSPS) is 22.8. The largest absolute Gasteiger partial charge is 0.351 e. The van der Waals surface area contributed by atoms with Crippen LogP contribution in [-0.2, 0) is 4.79 Å². The van der Waals surface area contributed by atoms with Crippen molar-refractivity contribution in [3.8, 4) is 0 Å². The van der Waals surface area contributed by atoms with Gasteiger partial charge in [0, 0.05) is 17.6 Å². The van der Waals surface area contributed by atoms with Crippen LogP contribution in [0.4, 0.5) is 0 Å². The molecule has 1 aliphatic heterocycles. The van der Waals surface area contributed by atoms with Gasteiger partial charge in [-0.1, -0.05) is 44.5 Å². The number of nitrogens with one attached hydrogen (secondary N) is 2. The average molecular weight is 345 g/mol. The lowest BCUT2D eigenvalue weighted by Gasteiger charge is -2.32. The number of rotatable bonds is 4. The number of halogens is 2. The highest BCUT2D eigenvalue weighted by Gasteiger charge is 2.29. The second kappa shape index (κ2) is 8.76. The Morgan fingerprint density at radius 1 is 1.41 bits per heavy atom. The van der Waals surface area contributed by atoms with Gasteiger partial charge in [-0.3, -0.25) is 4.79 Å². The summed E-state index contributed by atoms with van der Waals surface area (Å²) in [5.41, 5.74) is 0.992. The fourth-order valence-electron chi connectivity index (χ4n) is 2.99. The van der Waals surface area contributed by atoms with Crippen LogP contribution in [0.1, 0.15) is 38.7 Å². The maximum absolute atomic E-state index is 12.7. The second-order valence-electron chi connectivity index (χ2n) is 6.36. The molecule has 1 heterocycles. The van der Waals surface area contributed by atoms with E-state index in [4.69, 9.17) is 11.6 Å². The van der Waals surface area contributed by atoms with E-state index in [2.05, 4.69) is 31.4 Å². The minimum absolute atomic E-state index is 0. The highest BCUT2D eigenvalue weighted by molar-refractivity contribution is 6.30. The minimum atomic E-state index is -0.155. The van der Waals surface area contributed by atoms with Crippen LogP contribution in [-0.4, -0.2) is 25.0 Å². The van der Waals surface area contributed by atoms with Crippen molar-refractivity contribution in [1.82, 2.24) is 10.6 Å². The number of hydrogen-bond donors (Lipinski definition) is 2. The van der Waals surface area contributed by atoms with Gasteiger partial charge < -0.3 is 10.6 Å². The van der Waals surface area contributed by atoms with Gasteiger partial charge in [0.15, 0.2) is 0 Å². The quantitative estimate of drug-likeness (QED) is 0.875. The van der Waals surface area contributed by atoms with Crippen molar-refractivity contribution >= 4 is 29.9 Å². The molecule has 22 heavy (non-hydrogen) atoms. The number of amides is 1. The Morgan fingerprint density at radius 3 is 2.73 bits per heavy atom. The van der Waals surface area contributed by atoms with E-state index in [0.717, 1.165) is 25.1 Å². The molecule has 5 heteroatoms. The summed E-state index contributed by atoms with van der Waals surface area (Å²) in [4.78, 5) is 12.7. The molecule has 124 valence electrons. The summed E-state index contributed by atoms with van der Waals surface area (Å²) in [5.74, 6) is 0.698. The molecule has 0 bridgehead atoms. The first-order chi connectivity index (χ1) is 9.99. The minimum Gasteiger partial charge on any atom is -0.351 e. The van der Waals surface area contributed by atoms with Crippen molar-refractivity contribution in [1.29, 1.82) is 0 Å². The van der Waals surface area contributed by atoms with Crippen LogP contribution in [0.2, 0.25) is 5.02 Å². The molecule has 2 N–H and O–H groups in total. The van der Waals surface area contributed by atoms with Crippen LogP contribution in [0.15, 0.2) is 24.3 Å². The lowest BCUT2D eigenvalue weighted by molar-refractivity contribution is -0.124. The summed E-state index contributed by atoms with van der Waals surface area (Å²) in [7, 11) is 0. The van der Waals surface area contributed by atoms with E-state index < -0.39 is 0 Å². The molecule has 0 saturated carbocycles. The zero-order valence-electron chi connectivity index (χ0n) is 13.4. The maximum atomic E-state index is 12.7. The number of piperidine rings is 1. The van der Waals surface area contributed by atoms with Crippen molar-refractivity contribution in [2.75, 3.05) is 13.1 Å². The van der Waals surface area contributed by atoms with Gasteiger partial charge in [-0.25, -0.2) is 0 Å². The molecule has 1 aromatic carbocycles. The first-order valence-corrected chi connectivity index (χ1v) is 8.13. The molecule has 1 amide bonds. The molecule has 0 aliphatic carbocycles. The zero-order chi connectivity index (χ0) is 15.4. The molecule has 1 aliphatic rings. The summed E-state index contributed by atoms with van der Waals surface area (Å²) < 4.78 is 0. The Kier molecular flexibility index (Phi) is 7.67. The van der Waals surface area contributed by atoms with Gasteiger partial charge in [0.2, 0.25) is 5.91 Å².